The SMILES string of the molecule is CC=CC=CCOc1ccc(-c2ccc(CCCCC)cc2)cc1. The minimum absolute atomic E-state index is 0.593. The van der Waals surface area contributed by atoms with E-state index in [-0.39, 0.29) is 0 Å². The van der Waals surface area contributed by atoms with Gasteiger partial charge in [-0.15, -0.1) is 0 Å². The average molecular weight is 320 g/mol. The van der Waals surface area contributed by atoms with E-state index in [4.69, 9.17) is 4.74 Å². The monoisotopic (exact) mass is 320 g/mol. The Kier molecular flexibility index (Phi) is 7.89. The molecule has 1 heteroatoms. The molecule has 2 rings (SSSR count). The first-order chi connectivity index (χ1) is 11.8. The van der Waals surface area contributed by atoms with E-state index in [1.54, 1.807) is 0 Å². The fourth-order valence-corrected chi connectivity index (χ4v) is 2.58. The number of ether oxygens (including phenoxy) is 1. The van der Waals surface area contributed by atoms with Crippen molar-refractivity contribution in [1.82, 2.24) is 0 Å². The van der Waals surface area contributed by atoms with Crippen LogP contribution in [-0.2, 0) is 6.42 Å². The van der Waals surface area contributed by atoms with E-state index in [2.05, 4.69) is 43.3 Å². The van der Waals surface area contributed by atoms with Gasteiger partial charge in [0.2, 0.25) is 0 Å². The Balaban J connectivity index is 1.90. The molecule has 0 fully saturated rings. The lowest BCUT2D eigenvalue weighted by atomic mass is 10.0. The van der Waals surface area contributed by atoms with E-state index in [1.807, 2.05) is 43.4 Å². The quantitative estimate of drug-likeness (QED) is 0.374. The summed E-state index contributed by atoms with van der Waals surface area (Å²) in [4.78, 5) is 0. The number of aryl methyl sites for hydroxylation is 1. The standard InChI is InChI=1S/C23H28O/c1-3-5-7-9-19-24-23-17-15-22(16-18-23)21-13-11-20(12-14-21)10-8-6-4-2/h3,5,7,9,11-18H,4,6,8,10,19H2,1-2H3. The Morgan fingerprint density at radius 3 is 2.12 bits per heavy atom. The third-order valence-corrected chi connectivity index (χ3v) is 4.00. The summed E-state index contributed by atoms with van der Waals surface area (Å²) < 4.78 is 5.70. The van der Waals surface area contributed by atoms with Gasteiger partial charge in [-0.1, -0.05) is 74.4 Å². The number of benzene rings is 2. The van der Waals surface area contributed by atoms with Crippen LogP contribution in [-0.4, -0.2) is 6.61 Å². The molecule has 0 radical (unpaired) electrons. The zero-order valence-corrected chi connectivity index (χ0v) is 14.9. The van der Waals surface area contributed by atoms with Crippen LogP contribution in [0.2, 0.25) is 0 Å². The van der Waals surface area contributed by atoms with E-state index in [0.29, 0.717) is 6.61 Å². The third kappa shape index (κ3) is 6.08. The largest absolute Gasteiger partial charge is 0.490 e. The second kappa shape index (κ2) is 10.5. The fraction of sp³-hybridized carbons (Fsp3) is 0.304. The van der Waals surface area contributed by atoms with Crippen LogP contribution in [0.1, 0.15) is 38.7 Å². The third-order valence-electron chi connectivity index (χ3n) is 4.00. The van der Waals surface area contributed by atoms with Crippen molar-refractivity contribution in [3.63, 3.8) is 0 Å². The molecule has 1 nitrogen and oxygen atoms in total. The van der Waals surface area contributed by atoms with Gasteiger partial charge < -0.3 is 4.74 Å². The van der Waals surface area contributed by atoms with Crippen molar-refractivity contribution in [2.45, 2.75) is 39.5 Å². The maximum absolute atomic E-state index is 5.70. The normalized spacial score (nSPS) is 11.4. The van der Waals surface area contributed by atoms with E-state index >= 15 is 0 Å². The Bertz CT molecular complexity index is 633. The second-order valence-corrected chi connectivity index (χ2v) is 5.94. The van der Waals surface area contributed by atoms with Crippen molar-refractivity contribution in [1.29, 1.82) is 0 Å². The van der Waals surface area contributed by atoms with Crippen LogP contribution < -0.4 is 4.74 Å². The van der Waals surface area contributed by atoms with Gasteiger partial charge in [0.15, 0.2) is 0 Å². The average Bonchev–Trinajstić information content (AvgIpc) is 2.63. The molecule has 0 aliphatic rings. The molecular formula is C23H28O. The first-order valence-electron chi connectivity index (χ1n) is 8.93. The molecule has 0 unspecified atom stereocenters. The lowest BCUT2D eigenvalue weighted by Gasteiger charge is -2.07. The molecule has 2 aromatic rings. The van der Waals surface area contributed by atoms with E-state index in [9.17, 15) is 0 Å². The first-order valence-corrected chi connectivity index (χ1v) is 8.93. The topological polar surface area (TPSA) is 9.23 Å². The molecule has 0 aromatic heterocycles. The van der Waals surface area contributed by atoms with E-state index < -0.39 is 0 Å². The van der Waals surface area contributed by atoms with Crippen LogP contribution in [0.5, 0.6) is 5.75 Å². The van der Waals surface area contributed by atoms with Crippen LogP contribution in [0, 0.1) is 0 Å². The maximum atomic E-state index is 5.70. The number of rotatable bonds is 9. The predicted octanol–water partition coefficient (Wildman–Crippen LogP) is 6.60. The summed E-state index contributed by atoms with van der Waals surface area (Å²) in [5.41, 5.74) is 3.92. The van der Waals surface area contributed by atoms with Crippen LogP contribution in [0.15, 0.2) is 72.8 Å². The lowest BCUT2D eigenvalue weighted by molar-refractivity contribution is 0.363. The fourth-order valence-electron chi connectivity index (χ4n) is 2.58. The predicted molar refractivity (Wildman–Crippen MR) is 105 cm³/mol. The van der Waals surface area contributed by atoms with E-state index in [0.717, 1.165) is 5.75 Å². The molecular weight excluding hydrogens is 292 g/mol. The summed E-state index contributed by atoms with van der Waals surface area (Å²) in [5.74, 6) is 0.903. The van der Waals surface area contributed by atoms with Crippen molar-refractivity contribution < 1.29 is 4.74 Å². The number of unbranched alkanes of at least 4 members (excludes halogenated alkanes) is 2. The van der Waals surface area contributed by atoms with Crippen molar-refractivity contribution in [2.75, 3.05) is 6.61 Å². The van der Waals surface area contributed by atoms with E-state index in [1.165, 1.54) is 42.4 Å². The number of hydrogen-bond donors (Lipinski definition) is 0. The summed E-state index contributed by atoms with van der Waals surface area (Å²) in [6.45, 7) is 4.84. The van der Waals surface area contributed by atoms with Gasteiger partial charge >= 0.3 is 0 Å². The molecule has 0 spiro atoms. The highest BCUT2D eigenvalue weighted by Crippen LogP contribution is 2.23. The molecule has 126 valence electrons. The molecule has 0 saturated carbocycles. The van der Waals surface area contributed by atoms with Crippen molar-refractivity contribution >= 4 is 0 Å². The van der Waals surface area contributed by atoms with Crippen molar-refractivity contribution in [3.8, 4) is 16.9 Å². The van der Waals surface area contributed by atoms with Gasteiger partial charge in [0.1, 0.15) is 12.4 Å². The van der Waals surface area contributed by atoms with Gasteiger partial charge in [-0.3, -0.25) is 0 Å². The molecule has 0 aliphatic heterocycles. The lowest BCUT2D eigenvalue weighted by Crippen LogP contribution is -1.92. The summed E-state index contributed by atoms with van der Waals surface area (Å²) in [7, 11) is 0. The summed E-state index contributed by atoms with van der Waals surface area (Å²) in [5, 5.41) is 0. The Morgan fingerprint density at radius 1 is 0.833 bits per heavy atom. The highest BCUT2D eigenvalue weighted by molar-refractivity contribution is 5.64. The number of allylic oxidation sites excluding steroid dienone is 3. The molecule has 0 bridgehead atoms. The van der Waals surface area contributed by atoms with Crippen LogP contribution in [0.4, 0.5) is 0 Å². The molecule has 0 N–H and O–H groups in total. The zero-order valence-electron chi connectivity index (χ0n) is 14.9. The van der Waals surface area contributed by atoms with Crippen LogP contribution >= 0.6 is 0 Å². The Morgan fingerprint density at radius 2 is 1.50 bits per heavy atom. The van der Waals surface area contributed by atoms with Crippen LogP contribution in [0.25, 0.3) is 11.1 Å². The van der Waals surface area contributed by atoms with Gasteiger partial charge in [-0.25, -0.2) is 0 Å². The van der Waals surface area contributed by atoms with Gasteiger partial charge in [-0.05, 0) is 54.7 Å². The first kappa shape index (κ1) is 18.1. The van der Waals surface area contributed by atoms with Gasteiger partial charge in [0, 0.05) is 0 Å². The van der Waals surface area contributed by atoms with Gasteiger partial charge in [0.05, 0.1) is 0 Å². The Hall–Kier alpha value is -2.28. The van der Waals surface area contributed by atoms with Gasteiger partial charge in [-0.2, -0.15) is 0 Å². The zero-order chi connectivity index (χ0) is 17.0. The highest BCUT2D eigenvalue weighted by atomic mass is 16.5. The van der Waals surface area contributed by atoms with Crippen LogP contribution in [0.3, 0.4) is 0 Å². The molecule has 0 heterocycles. The smallest absolute Gasteiger partial charge is 0.119 e. The maximum Gasteiger partial charge on any atom is 0.119 e. The van der Waals surface area contributed by atoms with Crippen molar-refractivity contribution in [2.24, 2.45) is 0 Å². The number of hydrogen-bond acceptors (Lipinski definition) is 1. The van der Waals surface area contributed by atoms with Gasteiger partial charge in [0.25, 0.3) is 0 Å². The van der Waals surface area contributed by atoms with Crippen molar-refractivity contribution in [3.05, 3.63) is 78.4 Å². The summed E-state index contributed by atoms with van der Waals surface area (Å²) >= 11 is 0. The Labute approximate surface area is 146 Å². The molecule has 0 amide bonds. The summed E-state index contributed by atoms with van der Waals surface area (Å²) in [6, 6.07) is 17.3. The molecule has 24 heavy (non-hydrogen) atoms. The minimum Gasteiger partial charge on any atom is -0.490 e. The molecule has 2 aromatic carbocycles. The molecule has 0 saturated heterocycles. The molecule has 0 atom stereocenters. The second-order valence-electron chi connectivity index (χ2n) is 5.94. The highest BCUT2D eigenvalue weighted by Gasteiger charge is 2.00. The minimum atomic E-state index is 0.593. The summed E-state index contributed by atoms with van der Waals surface area (Å²) in [6.07, 6.45) is 13.1. The molecule has 0 aliphatic carbocycles.